The number of hydrogen-bond donors (Lipinski definition) is 1. The van der Waals surface area contributed by atoms with Crippen LogP contribution in [-0.2, 0) is 11.3 Å². The van der Waals surface area contributed by atoms with Gasteiger partial charge >= 0.3 is 0 Å². The molecule has 1 amide bonds. The molecule has 2 aromatic carbocycles. The molecule has 6 heteroatoms. The fourth-order valence-corrected chi connectivity index (χ4v) is 2.72. The molecule has 1 aliphatic rings. The molecule has 1 aliphatic carbocycles. The number of benzene rings is 2. The van der Waals surface area contributed by atoms with E-state index >= 15 is 0 Å². The predicted molar refractivity (Wildman–Crippen MR) is 89.9 cm³/mol. The van der Waals surface area contributed by atoms with E-state index in [1.54, 1.807) is 0 Å². The van der Waals surface area contributed by atoms with E-state index in [0.29, 0.717) is 17.6 Å². The largest absolute Gasteiger partial charge is 0.325 e. The molecule has 0 aromatic heterocycles. The monoisotopic (exact) mass is 350 g/mol. The summed E-state index contributed by atoms with van der Waals surface area (Å²) in [5.74, 6) is -1.73. The highest BCUT2D eigenvalue weighted by Gasteiger charge is 2.30. The first kappa shape index (κ1) is 16.9. The van der Waals surface area contributed by atoms with Crippen LogP contribution in [-0.4, -0.2) is 23.4 Å². The summed E-state index contributed by atoms with van der Waals surface area (Å²) in [6.07, 6.45) is 2.10. The van der Waals surface area contributed by atoms with Gasteiger partial charge in [-0.2, -0.15) is 0 Å². The summed E-state index contributed by atoms with van der Waals surface area (Å²) in [5, 5.41) is 3.22. The van der Waals surface area contributed by atoms with Gasteiger partial charge in [-0.05, 0) is 42.7 Å². The van der Waals surface area contributed by atoms with Crippen LogP contribution in [0, 0.1) is 11.6 Å². The van der Waals surface area contributed by atoms with Gasteiger partial charge in [0.2, 0.25) is 5.91 Å². The normalized spacial score (nSPS) is 14.0. The third-order valence-corrected chi connectivity index (χ3v) is 4.11. The fourth-order valence-electron chi connectivity index (χ4n) is 2.59. The zero-order valence-electron chi connectivity index (χ0n) is 12.9. The second-order valence-corrected chi connectivity index (χ2v) is 6.41. The molecule has 3 nitrogen and oxygen atoms in total. The van der Waals surface area contributed by atoms with Crippen LogP contribution in [0.15, 0.2) is 42.5 Å². The van der Waals surface area contributed by atoms with Gasteiger partial charge in [-0.3, -0.25) is 9.69 Å². The molecule has 0 spiro atoms. The second-order valence-electron chi connectivity index (χ2n) is 5.97. The molecule has 0 bridgehead atoms. The summed E-state index contributed by atoms with van der Waals surface area (Å²) in [5.41, 5.74) is 1.19. The highest BCUT2D eigenvalue weighted by molar-refractivity contribution is 6.30. The summed E-state index contributed by atoms with van der Waals surface area (Å²) < 4.78 is 26.4. The van der Waals surface area contributed by atoms with Crippen LogP contribution in [0.4, 0.5) is 14.5 Å². The van der Waals surface area contributed by atoms with Gasteiger partial charge in [0.1, 0.15) is 11.6 Å². The van der Waals surface area contributed by atoms with Crippen molar-refractivity contribution in [2.75, 3.05) is 11.9 Å². The van der Waals surface area contributed by atoms with Crippen molar-refractivity contribution in [3.63, 3.8) is 0 Å². The number of rotatable bonds is 6. The smallest absolute Gasteiger partial charge is 0.238 e. The lowest BCUT2D eigenvalue weighted by atomic mass is 10.2. The average Bonchev–Trinajstić information content (AvgIpc) is 3.32. The van der Waals surface area contributed by atoms with E-state index in [9.17, 15) is 13.6 Å². The molecule has 1 saturated carbocycles. The number of nitrogens with one attached hydrogen (secondary N) is 1. The molecule has 24 heavy (non-hydrogen) atoms. The Balaban J connectivity index is 1.62. The van der Waals surface area contributed by atoms with Gasteiger partial charge in [0.15, 0.2) is 0 Å². The van der Waals surface area contributed by atoms with Crippen LogP contribution in [0.25, 0.3) is 0 Å². The minimum atomic E-state index is -0.717. The first-order valence-electron chi connectivity index (χ1n) is 7.74. The average molecular weight is 351 g/mol. The van der Waals surface area contributed by atoms with Crippen LogP contribution in [0.3, 0.4) is 0 Å². The Morgan fingerprint density at radius 1 is 1.12 bits per heavy atom. The Kier molecular flexibility index (Phi) is 5.11. The molecule has 0 aliphatic heterocycles. The van der Waals surface area contributed by atoms with Crippen molar-refractivity contribution >= 4 is 23.2 Å². The molecule has 0 unspecified atom stereocenters. The predicted octanol–water partition coefficient (Wildman–Crippen LogP) is 4.22. The zero-order chi connectivity index (χ0) is 17.1. The highest BCUT2D eigenvalue weighted by atomic mass is 35.5. The minimum Gasteiger partial charge on any atom is -0.325 e. The van der Waals surface area contributed by atoms with Crippen LogP contribution in [0.2, 0.25) is 5.02 Å². The molecule has 0 radical (unpaired) electrons. The first-order valence-corrected chi connectivity index (χ1v) is 8.12. The summed E-state index contributed by atoms with van der Waals surface area (Å²) in [6.45, 7) is 0.804. The van der Waals surface area contributed by atoms with Gasteiger partial charge in [-0.1, -0.05) is 23.7 Å². The van der Waals surface area contributed by atoms with Crippen molar-refractivity contribution < 1.29 is 13.6 Å². The SMILES string of the molecule is O=C(CN(Cc1ccc(Cl)cc1)C1CC1)Nc1cc(F)cc(F)c1. The van der Waals surface area contributed by atoms with E-state index < -0.39 is 11.6 Å². The van der Waals surface area contributed by atoms with E-state index in [-0.39, 0.29) is 18.1 Å². The molecular weight excluding hydrogens is 334 g/mol. The number of hydrogen-bond acceptors (Lipinski definition) is 2. The van der Waals surface area contributed by atoms with Gasteiger partial charge in [-0.25, -0.2) is 8.78 Å². The summed E-state index contributed by atoms with van der Waals surface area (Å²) in [4.78, 5) is 14.3. The summed E-state index contributed by atoms with van der Waals surface area (Å²) in [7, 11) is 0. The van der Waals surface area contributed by atoms with E-state index in [2.05, 4.69) is 10.2 Å². The van der Waals surface area contributed by atoms with Crippen LogP contribution in [0.1, 0.15) is 18.4 Å². The Labute approximate surface area is 144 Å². The maximum Gasteiger partial charge on any atom is 0.238 e. The third kappa shape index (κ3) is 4.76. The Morgan fingerprint density at radius 3 is 2.33 bits per heavy atom. The van der Waals surface area contributed by atoms with Gasteiger partial charge < -0.3 is 5.32 Å². The Hall–Kier alpha value is -1.98. The quantitative estimate of drug-likeness (QED) is 0.846. The summed E-state index contributed by atoms with van der Waals surface area (Å²) in [6, 6.07) is 10.8. The summed E-state index contributed by atoms with van der Waals surface area (Å²) >= 11 is 5.88. The van der Waals surface area contributed by atoms with Crippen molar-refractivity contribution in [3.05, 3.63) is 64.7 Å². The number of nitrogens with zero attached hydrogens (tertiary/aromatic N) is 1. The van der Waals surface area contributed by atoms with E-state index in [0.717, 1.165) is 36.6 Å². The number of halogens is 3. The van der Waals surface area contributed by atoms with Gasteiger partial charge in [0.05, 0.1) is 6.54 Å². The van der Waals surface area contributed by atoms with E-state index in [4.69, 9.17) is 11.6 Å². The first-order chi connectivity index (χ1) is 11.5. The van der Waals surface area contributed by atoms with Crippen molar-refractivity contribution in [3.8, 4) is 0 Å². The Bertz CT molecular complexity index is 712. The number of carbonyl (C=O) groups excluding carboxylic acids is 1. The topological polar surface area (TPSA) is 32.3 Å². The Morgan fingerprint density at radius 2 is 1.75 bits per heavy atom. The number of amides is 1. The highest BCUT2D eigenvalue weighted by Crippen LogP contribution is 2.28. The lowest BCUT2D eigenvalue weighted by Gasteiger charge is -2.21. The molecule has 0 atom stereocenters. The van der Waals surface area contributed by atoms with E-state index in [1.165, 1.54) is 0 Å². The van der Waals surface area contributed by atoms with Crippen LogP contribution >= 0.6 is 11.6 Å². The fraction of sp³-hybridized carbons (Fsp3) is 0.278. The molecule has 3 rings (SSSR count). The maximum atomic E-state index is 13.2. The second kappa shape index (κ2) is 7.28. The van der Waals surface area contributed by atoms with Gasteiger partial charge in [-0.15, -0.1) is 0 Å². The molecule has 0 heterocycles. The lowest BCUT2D eigenvalue weighted by Crippen LogP contribution is -2.34. The van der Waals surface area contributed by atoms with Crippen molar-refractivity contribution in [1.82, 2.24) is 4.90 Å². The molecule has 126 valence electrons. The van der Waals surface area contributed by atoms with Gasteiger partial charge in [0, 0.05) is 29.4 Å². The van der Waals surface area contributed by atoms with Crippen LogP contribution < -0.4 is 5.32 Å². The zero-order valence-corrected chi connectivity index (χ0v) is 13.7. The van der Waals surface area contributed by atoms with E-state index in [1.807, 2.05) is 24.3 Å². The molecule has 2 aromatic rings. The molecular formula is C18H17ClF2N2O. The minimum absolute atomic E-state index is 0.125. The van der Waals surface area contributed by atoms with Crippen molar-refractivity contribution in [2.24, 2.45) is 0 Å². The van der Waals surface area contributed by atoms with Crippen molar-refractivity contribution in [2.45, 2.75) is 25.4 Å². The molecule has 1 fully saturated rings. The maximum absolute atomic E-state index is 13.2. The van der Waals surface area contributed by atoms with Gasteiger partial charge in [0.25, 0.3) is 0 Å². The van der Waals surface area contributed by atoms with Crippen LogP contribution in [0.5, 0.6) is 0 Å². The van der Waals surface area contributed by atoms with Crippen molar-refractivity contribution in [1.29, 1.82) is 0 Å². The molecule has 0 saturated heterocycles. The standard InChI is InChI=1S/C18H17ClF2N2O/c19-13-3-1-12(2-4-13)10-23(17-5-6-17)11-18(24)22-16-8-14(20)7-15(21)9-16/h1-4,7-9,17H,5-6,10-11H2,(H,22,24). The third-order valence-electron chi connectivity index (χ3n) is 3.86. The number of anilines is 1. The lowest BCUT2D eigenvalue weighted by molar-refractivity contribution is -0.117. The molecule has 1 N–H and O–H groups in total. The number of carbonyl (C=O) groups is 1.